The Morgan fingerprint density at radius 1 is 0.905 bits per heavy atom. The van der Waals surface area contributed by atoms with Crippen molar-refractivity contribution in [3.63, 3.8) is 0 Å². The molecule has 0 saturated heterocycles. The van der Waals surface area contributed by atoms with Crippen LogP contribution >= 0.6 is 0 Å². The molecular formula is C17H17NO3. The van der Waals surface area contributed by atoms with Crippen LogP contribution < -0.4 is 14.2 Å². The number of hydrogen-bond acceptors (Lipinski definition) is 4. The fraction of sp³-hybridized carbons (Fsp3) is 0.235. The van der Waals surface area contributed by atoms with E-state index in [1.165, 1.54) is 0 Å². The highest BCUT2D eigenvalue weighted by molar-refractivity contribution is 5.34. The molecule has 0 N–H and O–H groups in total. The Hall–Kier alpha value is -2.67. The van der Waals surface area contributed by atoms with Crippen molar-refractivity contribution >= 4 is 0 Å². The van der Waals surface area contributed by atoms with Gasteiger partial charge >= 0.3 is 0 Å². The van der Waals surface area contributed by atoms with E-state index in [0.717, 1.165) is 23.7 Å². The van der Waals surface area contributed by atoms with Crippen molar-refractivity contribution in [3.8, 4) is 23.3 Å². The van der Waals surface area contributed by atoms with Crippen molar-refractivity contribution in [2.75, 3.05) is 20.3 Å². The van der Waals surface area contributed by atoms with Gasteiger partial charge in [0.25, 0.3) is 0 Å². The van der Waals surface area contributed by atoms with E-state index in [1.807, 2.05) is 24.3 Å². The lowest BCUT2D eigenvalue weighted by Gasteiger charge is -2.09. The Balaban J connectivity index is 1.68. The second-order valence-corrected chi connectivity index (χ2v) is 4.37. The third-order valence-corrected chi connectivity index (χ3v) is 2.85. The van der Waals surface area contributed by atoms with Crippen LogP contribution in [0.4, 0.5) is 0 Å². The van der Waals surface area contributed by atoms with Crippen LogP contribution in [0.2, 0.25) is 0 Å². The first-order valence-electron chi connectivity index (χ1n) is 6.71. The molecule has 0 aliphatic carbocycles. The van der Waals surface area contributed by atoms with Crippen LogP contribution in [0.3, 0.4) is 0 Å². The molecule has 0 radical (unpaired) electrons. The smallest absolute Gasteiger partial charge is 0.122 e. The molecule has 108 valence electrons. The van der Waals surface area contributed by atoms with Gasteiger partial charge in [0.05, 0.1) is 32.0 Å². The molecule has 0 saturated carbocycles. The van der Waals surface area contributed by atoms with Gasteiger partial charge in [-0.1, -0.05) is 6.07 Å². The predicted molar refractivity (Wildman–Crippen MR) is 79.8 cm³/mol. The van der Waals surface area contributed by atoms with E-state index in [1.54, 1.807) is 31.4 Å². The fourth-order valence-electron chi connectivity index (χ4n) is 1.76. The van der Waals surface area contributed by atoms with Gasteiger partial charge in [-0.15, -0.1) is 0 Å². The lowest BCUT2D eigenvalue weighted by atomic mass is 10.2. The summed E-state index contributed by atoms with van der Waals surface area (Å²) in [6.07, 6.45) is 0.775. The zero-order valence-corrected chi connectivity index (χ0v) is 11.9. The summed E-state index contributed by atoms with van der Waals surface area (Å²) in [5, 5.41) is 8.70. The molecule has 2 aromatic rings. The number of methoxy groups -OCH3 is 1. The molecule has 0 spiro atoms. The first-order chi connectivity index (χ1) is 10.3. The minimum atomic E-state index is 0.565. The molecule has 0 unspecified atom stereocenters. The standard InChI is InChI=1S/C17H17NO3/c1-19-16-4-2-5-17(12-16)21-11-3-10-20-15-8-6-14(13-18)7-9-15/h2,4-9,12H,3,10-11H2,1H3. The van der Waals surface area contributed by atoms with E-state index >= 15 is 0 Å². The van der Waals surface area contributed by atoms with E-state index < -0.39 is 0 Å². The Bertz CT molecular complexity index is 602. The number of rotatable bonds is 7. The summed E-state index contributed by atoms with van der Waals surface area (Å²) in [5.41, 5.74) is 0.628. The Morgan fingerprint density at radius 3 is 2.24 bits per heavy atom. The Kier molecular flexibility index (Phi) is 5.48. The van der Waals surface area contributed by atoms with Gasteiger partial charge in [-0.25, -0.2) is 0 Å². The van der Waals surface area contributed by atoms with Crippen molar-refractivity contribution in [2.45, 2.75) is 6.42 Å². The molecule has 0 bridgehead atoms. The highest BCUT2D eigenvalue weighted by atomic mass is 16.5. The highest BCUT2D eigenvalue weighted by Gasteiger charge is 1.98. The summed E-state index contributed by atoms with van der Waals surface area (Å²) < 4.78 is 16.3. The SMILES string of the molecule is COc1cccc(OCCCOc2ccc(C#N)cc2)c1. The van der Waals surface area contributed by atoms with Gasteiger partial charge in [0.2, 0.25) is 0 Å². The predicted octanol–water partition coefficient (Wildman–Crippen LogP) is 3.41. The van der Waals surface area contributed by atoms with Crippen LogP contribution in [-0.2, 0) is 0 Å². The zero-order valence-electron chi connectivity index (χ0n) is 11.9. The molecule has 2 aromatic carbocycles. The largest absolute Gasteiger partial charge is 0.497 e. The molecule has 0 heterocycles. The van der Waals surface area contributed by atoms with Crippen LogP contribution in [0.5, 0.6) is 17.2 Å². The molecule has 0 aliphatic heterocycles. The second kappa shape index (κ2) is 7.81. The van der Waals surface area contributed by atoms with E-state index in [0.29, 0.717) is 18.8 Å². The monoisotopic (exact) mass is 283 g/mol. The van der Waals surface area contributed by atoms with Crippen LogP contribution in [0.15, 0.2) is 48.5 Å². The van der Waals surface area contributed by atoms with E-state index in [2.05, 4.69) is 6.07 Å². The van der Waals surface area contributed by atoms with Crippen LogP contribution in [0.1, 0.15) is 12.0 Å². The maximum Gasteiger partial charge on any atom is 0.122 e. The van der Waals surface area contributed by atoms with Gasteiger partial charge in [-0.3, -0.25) is 0 Å². The maximum absolute atomic E-state index is 8.70. The lowest BCUT2D eigenvalue weighted by molar-refractivity contribution is 0.247. The van der Waals surface area contributed by atoms with Crippen molar-refractivity contribution in [1.82, 2.24) is 0 Å². The number of nitriles is 1. The average molecular weight is 283 g/mol. The quantitative estimate of drug-likeness (QED) is 0.731. The number of nitrogens with zero attached hydrogens (tertiary/aromatic N) is 1. The third kappa shape index (κ3) is 4.73. The molecule has 0 fully saturated rings. The number of hydrogen-bond donors (Lipinski definition) is 0. The second-order valence-electron chi connectivity index (χ2n) is 4.37. The molecule has 4 nitrogen and oxygen atoms in total. The van der Waals surface area contributed by atoms with E-state index in [-0.39, 0.29) is 0 Å². The van der Waals surface area contributed by atoms with Crippen molar-refractivity contribution in [2.24, 2.45) is 0 Å². The summed E-state index contributed by atoms with van der Waals surface area (Å²) in [7, 11) is 1.63. The topological polar surface area (TPSA) is 51.5 Å². The molecule has 21 heavy (non-hydrogen) atoms. The fourth-order valence-corrected chi connectivity index (χ4v) is 1.76. The summed E-state index contributed by atoms with van der Waals surface area (Å²) in [5.74, 6) is 2.32. The van der Waals surface area contributed by atoms with Crippen molar-refractivity contribution in [1.29, 1.82) is 5.26 Å². The van der Waals surface area contributed by atoms with Gasteiger partial charge in [0.1, 0.15) is 17.2 Å². The van der Waals surface area contributed by atoms with Gasteiger partial charge in [0.15, 0.2) is 0 Å². The van der Waals surface area contributed by atoms with E-state index in [9.17, 15) is 0 Å². The molecule has 2 rings (SSSR count). The molecule has 4 heteroatoms. The zero-order chi connectivity index (χ0) is 14.9. The molecule has 0 aromatic heterocycles. The molecular weight excluding hydrogens is 266 g/mol. The summed E-state index contributed by atoms with van der Waals surface area (Å²) in [6, 6.07) is 16.6. The van der Waals surface area contributed by atoms with Gasteiger partial charge in [-0.05, 0) is 36.4 Å². The summed E-state index contributed by atoms with van der Waals surface area (Å²) in [4.78, 5) is 0. The summed E-state index contributed by atoms with van der Waals surface area (Å²) in [6.45, 7) is 1.14. The average Bonchev–Trinajstić information content (AvgIpc) is 2.55. The first-order valence-corrected chi connectivity index (χ1v) is 6.71. The number of ether oxygens (including phenoxy) is 3. The number of benzene rings is 2. The van der Waals surface area contributed by atoms with Crippen LogP contribution in [0, 0.1) is 11.3 Å². The molecule has 0 atom stereocenters. The Labute approximate surface area is 124 Å². The van der Waals surface area contributed by atoms with E-state index in [4.69, 9.17) is 19.5 Å². The van der Waals surface area contributed by atoms with Crippen molar-refractivity contribution in [3.05, 3.63) is 54.1 Å². The maximum atomic E-state index is 8.70. The van der Waals surface area contributed by atoms with Crippen molar-refractivity contribution < 1.29 is 14.2 Å². The van der Waals surface area contributed by atoms with Gasteiger partial charge < -0.3 is 14.2 Å². The lowest BCUT2D eigenvalue weighted by Crippen LogP contribution is -2.05. The van der Waals surface area contributed by atoms with Crippen LogP contribution in [0.25, 0.3) is 0 Å². The van der Waals surface area contributed by atoms with Gasteiger partial charge in [0, 0.05) is 12.5 Å². The normalized spacial score (nSPS) is 9.71. The van der Waals surface area contributed by atoms with Crippen LogP contribution in [-0.4, -0.2) is 20.3 Å². The Morgan fingerprint density at radius 2 is 1.57 bits per heavy atom. The minimum absolute atomic E-state index is 0.565. The minimum Gasteiger partial charge on any atom is -0.497 e. The molecule has 0 amide bonds. The molecule has 0 aliphatic rings. The summed E-state index contributed by atoms with van der Waals surface area (Å²) >= 11 is 0. The first kappa shape index (κ1) is 14.7. The highest BCUT2D eigenvalue weighted by Crippen LogP contribution is 2.19. The van der Waals surface area contributed by atoms with Gasteiger partial charge in [-0.2, -0.15) is 5.26 Å². The third-order valence-electron chi connectivity index (χ3n) is 2.85.